The Morgan fingerprint density at radius 3 is 2.70 bits per heavy atom. The summed E-state index contributed by atoms with van der Waals surface area (Å²) < 4.78 is -0.653. The molecule has 0 aliphatic carbocycles. The molecule has 33 heavy (non-hydrogen) atoms. The number of benzene rings is 1. The summed E-state index contributed by atoms with van der Waals surface area (Å²) >= 11 is 5.39. The molecular weight excluding hydrogens is 506 g/mol. The predicted molar refractivity (Wildman–Crippen MR) is 133 cm³/mol. The third kappa shape index (κ3) is 4.32. The van der Waals surface area contributed by atoms with Gasteiger partial charge >= 0.3 is 0 Å². The van der Waals surface area contributed by atoms with Crippen LogP contribution in [0, 0.1) is 11.8 Å². The Morgan fingerprint density at radius 1 is 1.30 bits per heavy atom. The maximum absolute atomic E-state index is 13.7. The molecule has 3 amide bonds. The van der Waals surface area contributed by atoms with E-state index in [1.54, 1.807) is 16.7 Å². The Morgan fingerprint density at radius 2 is 2.03 bits per heavy atom. The summed E-state index contributed by atoms with van der Waals surface area (Å²) in [5.41, 5.74) is 0.695. The Labute approximate surface area is 207 Å². The van der Waals surface area contributed by atoms with Crippen LogP contribution in [-0.4, -0.2) is 67.8 Å². The number of amides is 3. The summed E-state index contributed by atoms with van der Waals surface area (Å²) in [6.07, 6.45) is 2.87. The average molecular weight is 539 g/mol. The lowest BCUT2D eigenvalue weighted by atomic mass is 9.70. The average Bonchev–Trinajstić information content (AvgIpc) is 3.36. The zero-order valence-electron chi connectivity index (χ0n) is 19.0. The number of carbonyl (C=O) groups excluding carboxylic acids is 3. The van der Waals surface area contributed by atoms with E-state index in [4.69, 9.17) is 0 Å². The lowest BCUT2D eigenvalue weighted by Crippen LogP contribution is -2.55. The number of aliphatic hydroxyl groups excluding tert-OH is 1. The highest BCUT2D eigenvalue weighted by Gasteiger charge is 2.75. The van der Waals surface area contributed by atoms with E-state index in [1.807, 2.05) is 37.3 Å². The molecule has 1 aromatic carbocycles. The number of para-hydroxylation sites is 1. The molecule has 7 nitrogen and oxygen atoms in total. The monoisotopic (exact) mass is 537 g/mol. The van der Waals surface area contributed by atoms with Crippen molar-refractivity contribution in [1.82, 2.24) is 10.2 Å². The largest absolute Gasteiger partial charge is 0.396 e. The molecule has 3 aliphatic rings. The van der Waals surface area contributed by atoms with Crippen LogP contribution in [0.15, 0.2) is 30.3 Å². The zero-order valence-corrected chi connectivity index (χ0v) is 21.4. The highest BCUT2D eigenvalue weighted by molar-refractivity contribution is 9.09. The Bertz CT molecular complexity index is 903. The van der Waals surface area contributed by atoms with Gasteiger partial charge in [-0.15, -0.1) is 11.8 Å². The topological polar surface area (TPSA) is 98.7 Å². The molecule has 9 heteroatoms. The minimum atomic E-state index is -0.653. The number of nitrogens with one attached hydrogen (secondary N) is 2. The molecule has 0 saturated carbocycles. The fraction of sp³-hybridized carbons (Fsp3) is 0.625. The molecule has 1 spiro atoms. The van der Waals surface area contributed by atoms with E-state index in [1.165, 1.54) is 0 Å². The molecule has 4 unspecified atom stereocenters. The summed E-state index contributed by atoms with van der Waals surface area (Å²) in [6, 6.07) is 8.61. The van der Waals surface area contributed by atoms with Crippen molar-refractivity contribution in [2.75, 3.05) is 18.5 Å². The van der Waals surface area contributed by atoms with E-state index in [0.717, 1.165) is 12.8 Å². The Kier molecular flexibility index (Phi) is 7.41. The first-order chi connectivity index (χ1) is 15.8. The second-order valence-corrected chi connectivity index (χ2v) is 12.0. The maximum atomic E-state index is 13.7. The first-order valence-corrected chi connectivity index (χ1v) is 13.5. The summed E-state index contributed by atoms with van der Waals surface area (Å²) in [4.78, 5) is 42.4. The van der Waals surface area contributed by atoms with Gasteiger partial charge in [-0.25, -0.2) is 0 Å². The van der Waals surface area contributed by atoms with Crippen molar-refractivity contribution in [1.29, 1.82) is 0 Å². The van der Waals surface area contributed by atoms with Gasteiger partial charge in [-0.05, 0) is 38.3 Å². The van der Waals surface area contributed by atoms with E-state index in [9.17, 15) is 19.5 Å². The number of anilines is 1. The van der Waals surface area contributed by atoms with Crippen LogP contribution >= 0.6 is 27.7 Å². The van der Waals surface area contributed by atoms with Gasteiger partial charge in [0.05, 0.1) is 16.6 Å². The van der Waals surface area contributed by atoms with Crippen molar-refractivity contribution in [3.63, 3.8) is 0 Å². The maximum Gasteiger partial charge on any atom is 0.244 e. The van der Waals surface area contributed by atoms with Crippen molar-refractivity contribution in [3.05, 3.63) is 30.3 Å². The highest BCUT2D eigenvalue weighted by atomic mass is 79.9. The molecule has 4 rings (SSSR count). The quantitative estimate of drug-likeness (QED) is 0.420. The van der Waals surface area contributed by atoms with Crippen molar-refractivity contribution in [3.8, 4) is 0 Å². The highest BCUT2D eigenvalue weighted by Crippen LogP contribution is 2.67. The van der Waals surface area contributed by atoms with E-state index in [2.05, 4.69) is 33.5 Å². The number of hydrogen-bond acceptors (Lipinski definition) is 5. The van der Waals surface area contributed by atoms with Crippen molar-refractivity contribution in [2.24, 2.45) is 11.8 Å². The molecule has 3 N–H and O–H groups in total. The normalized spacial score (nSPS) is 33.2. The molecule has 3 fully saturated rings. The number of aliphatic hydroxyl groups is 1. The van der Waals surface area contributed by atoms with E-state index < -0.39 is 22.6 Å². The number of nitrogens with zero attached hydrogens (tertiary/aromatic N) is 1. The van der Waals surface area contributed by atoms with Crippen molar-refractivity contribution < 1.29 is 19.5 Å². The molecule has 180 valence electrons. The SMILES string of the molecule is CCCC(C)NC(=O)C1N(CCCO)C(=O)[C@@H]2[C@@H](C(=O)Nc3ccccc3)[C@@H]3SC12CC3Br. The number of fused-ring (bicyclic) bond motifs is 1. The Hall–Kier alpha value is -1.58. The molecule has 0 aromatic heterocycles. The van der Waals surface area contributed by atoms with Crippen LogP contribution in [0.4, 0.5) is 5.69 Å². The van der Waals surface area contributed by atoms with Crippen LogP contribution in [0.3, 0.4) is 0 Å². The molecular formula is C24H32BrN3O4S. The van der Waals surface area contributed by atoms with Gasteiger partial charge in [0.15, 0.2) is 0 Å². The summed E-state index contributed by atoms with van der Waals surface area (Å²) in [5.74, 6) is -1.55. The third-order valence-corrected chi connectivity index (χ3v) is 10.3. The number of alkyl halides is 1. The summed E-state index contributed by atoms with van der Waals surface area (Å²) in [5, 5.41) is 15.4. The predicted octanol–water partition coefficient (Wildman–Crippen LogP) is 2.78. The van der Waals surface area contributed by atoms with Crippen LogP contribution in [0.5, 0.6) is 0 Å². The number of likely N-dealkylation sites (tertiary alicyclic amines) is 1. The van der Waals surface area contributed by atoms with Crippen LogP contribution in [-0.2, 0) is 14.4 Å². The van der Waals surface area contributed by atoms with Crippen molar-refractivity contribution in [2.45, 2.75) is 66.4 Å². The van der Waals surface area contributed by atoms with Gasteiger partial charge in [0.2, 0.25) is 17.7 Å². The number of rotatable bonds is 9. The fourth-order valence-electron chi connectivity index (χ4n) is 5.79. The van der Waals surface area contributed by atoms with Crippen LogP contribution < -0.4 is 10.6 Å². The lowest BCUT2D eigenvalue weighted by Gasteiger charge is -2.35. The smallest absolute Gasteiger partial charge is 0.244 e. The standard InChI is InChI=1S/C24H32BrN3O4S/c1-3-8-14(2)26-22(31)20-24-13-16(25)19(33-24)17(18(24)23(32)28(20)11-7-12-29)21(30)27-15-9-5-4-6-10-15/h4-6,9-10,14,16-20,29H,3,7-8,11-13H2,1-2H3,(H,26,31)(H,27,30)/t14?,16?,17-,18+,19-,20?,24?/m1/s1. The molecule has 7 atom stereocenters. The van der Waals surface area contributed by atoms with E-state index >= 15 is 0 Å². The molecule has 0 radical (unpaired) electrons. The first-order valence-electron chi connectivity index (χ1n) is 11.7. The Balaban J connectivity index is 1.66. The number of halogens is 1. The first kappa shape index (κ1) is 24.5. The van der Waals surface area contributed by atoms with Gasteiger partial charge in [-0.1, -0.05) is 47.5 Å². The summed E-state index contributed by atoms with van der Waals surface area (Å²) in [6.45, 7) is 4.30. The van der Waals surface area contributed by atoms with Crippen LogP contribution in [0.1, 0.15) is 39.5 Å². The summed E-state index contributed by atoms with van der Waals surface area (Å²) in [7, 11) is 0. The van der Waals surface area contributed by atoms with E-state index in [0.29, 0.717) is 25.1 Å². The van der Waals surface area contributed by atoms with Gasteiger partial charge in [0, 0.05) is 35.0 Å². The zero-order chi connectivity index (χ0) is 23.8. The molecule has 3 heterocycles. The number of thioether (sulfide) groups is 1. The van der Waals surface area contributed by atoms with Crippen LogP contribution in [0.25, 0.3) is 0 Å². The fourth-order valence-corrected chi connectivity index (χ4v) is 9.40. The third-order valence-electron chi connectivity index (χ3n) is 7.05. The molecule has 1 aromatic rings. The number of carbonyl (C=O) groups is 3. The minimum absolute atomic E-state index is 0.00768. The van der Waals surface area contributed by atoms with Gasteiger partial charge in [0.25, 0.3) is 0 Å². The lowest BCUT2D eigenvalue weighted by molar-refractivity contribution is -0.139. The van der Waals surface area contributed by atoms with E-state index in [-0.39, 0.29) is 40.4 Å². The molecule has 2 bridgehead atoms. The molecule has 3 aliphatic heterocycles. The second kappa shape index (κ2) is 9.96. The second-order valence-electron chi connectivity index (χ2n) is 9.33. The molecule has 3 saturated heterocycles. The van der Waals surface area contributed by atoms with Gasteiger partial charge in [0.1, 0.15) is 6.04 Å². The van der Waals surface area contributed by atoms with Gasteiger partial charge in [-0.3, -0.25) is 14.4 Å². The van der Waals surface area contributed by atoms with Gasteiger partial charge in [-0.2, -0.15) is 0 Å². The van der Waals surface area contributed by atoms with Crippen LogP contribution in [0.2, 0.25) is 0 Å². The number of hydrogen-bond donors (Lipinski definition) is 3. The van der Waals surface area contributed by atoms with Gasteiger partial charge < -0.3 is 20.6 Å². The van der Waals surface area contributed by atoms with Crippen molar-refractivity contribution >= 4 is 51.1 Å². The minimum Gasteiger partial charge on any atom is -0.396 e.